The minimum Gasteiger partial charge on any atom is -0.326 e. The highest BCUT2D eigenvalue weighted by Gasteiger charge is 2.21. The van der Waals surface area contributed by atoms with Gasteiger partial charge in [0.05, 0.1) is 17.0 Å². The molecule has 0 aliphatic rings. The molecule has 0 fully saturated rings. The number of benzene rings is 4. The van der Waals surface area contributed by atoms with Gasteiger partial charge in [-0.15, -0.1) is 0 Å². The number of sulfonamides is 1. The van der Waals surface area contributed by atoms with E-state index in [0.717, 1.165) is 16.3 Å². The molecule has 0 bridgehead atoms. The Bertz CT molecular complexity index is 1310. The summed E-state index contributed by atoms with van der Waals surface area (Å²) in [5.41, 5.74) is 2.07. The molecule has 0 saturated carbocycles. The molecule has 4 rings (SSSR count). The van der Waals surface area contributed by atoms with Gasteiger partial charge in [0.2, 0.25) is 5.91 Å². The van der Waals surface area contributed by atoms with Gasteiger partial charge in [0.25, 0.3) is 10.0 Å². The summed E-state index contributed by atoms with van der Waals surface area (Å²) in [5.74, 6) is -0.159. The molecule has 0 radical (unpaired) electrons. The van der Waals surface area contributed by atoms with Gasteiger partial charge in [-0.25, -0.2) is 8.42 Å². The molecule has 0 aromatic heterocycles. The van der Waals surface area contributed by atoms with Gasteiger partial charge in [-0.3, -0.25) is 9.10 Å². The summed E-state index contributed by atoms with van der Waals surface area (Å²) in [5, 5.41) is 4.98. The Balaban J connectivity index is 1.47. The standard InChI is InChI=1S/C25H22N2O3S/c1-27(22-11-3-2-4-12-22)31(29,30)23-16-14-21(15-17-23)26-25(28)18-20-10-7-9-19-8-5-6-13-24(19)20/h2-17H,18H2,1H3,(H,26,28). The molecular formula is C25H22N2O3S. The predicted molar refractivity (Wildman–Crippen MR) is 125 cm³/mol. The summed E-state index contributed by atoms with van der Waals surface area (Å²) >= 11 is 0. The maximum atomic E-state index is 12.9. The number of amides is 1. The first-order valence-corrected chi connectivity index (χ1v) is 11.3. The monoisotopic (exact) mass is 430 g/mol. The van der Waals surface area contributed by atoms with Crippen molar-refractivity contribution in [1.82, 2.24) is 0 Å². The van der Waals surface area contributed by atoms with Crippen LogP contribution in [0.15, 0.2) is 102 Å². The maximum absolute atomic E-state index is 12.9. The smallest absolute Gasteiger partial charge is 0.264 e. The Morgan fingerprint density at radius 1 is 0.806 bits per heavy atom. The van der Waals surface area contributed by atoms with Crippen molar-refractivity contribution in [2.24, 2.45) is 0 Å². The van der Waals surface area contributed by atoms with Gasteiger partial charge in [0.15, 0.2) is 0 Å². The second-order valence-electron chi connectivity index (χ2n) is 7.20. The summed E-state index contributed by atoms with van der Waals surface area (Å²) in [6, 6.07) is 28.9. The first-order valence-electron chi connectivity index (χ1n) is 9.86. The van der Waals surface area contributed by atoms with Crippen molar-refractivity contribution in [3.8, 4) is 0 Å². The van der Waals surface area contributed by atoms with Crippen molar-refractivity contribution in [2.45, 2.75) is 11.3 Å². The second kappa shape index (κ2) is 8.62. The first-order chi connectivity index (χ1) is 14.9. The van der Waals surface area contributed by atoms with Crippen LogP contribution in [-0.2, 0) is 21.2 Å². The van der Waals surface area contributed by atoms with Crippen LogP contribution in [0.5, 0.6) is 0 Å². The fourth-order valence-electron chi connectivity index (χ4n) is 3.47. The Hall–Kier alpha value is -3.64. The van der Waals surface area contributed by atoms with Gasteiger partial charge in [-0.1, -0.05) is 60.7 Å². The van der Waals surface area contributed by atoms with Crippen LogP contribution in [0.3, 0.4) is 0 Å². The van der Waals surface area contributed by atoms with Crippen molar-refractivity contribution < 1.29 is 13.2 Å². The molecule has 4 aromatic carbocycles. The van der Waals surface area contributed by atoms with Crippen LogP contribution in [0, 0.1) is 0 Å². The number of fused-ring (bicyclic) bond motifs is 1. The van der Waals surface area contributed by atoms with E-state index in [0.29, 0.717) is 11.4 Å². The quantitative estimate of drug-likeness (QED) is 0.476. The highest BCUT2D eigenvalue weighted by molar-refractivity contribution is 7.92. The molecule has 0 unspecified atom stereocenters. The van der Waals surface area contributed by atoms with E-state index in [1.54, 1.807) is 36.4 Å². The van der Waals surface area contributed by atoms with E-state index < -0.39 is 10.0 Å². The molecular weight excluding hydrogens is 408 g/mol. The van der Waals surface area contributed by atoms with Gasteiger partial charge >= 0.3 is 0 Å². The van der Waals surface area contributed by atoms with E-state index in [-0.39, 0.29) is 17.2 Å². The van der Waals surface area contributed by atoms with Crippen molar-refractivity contribution in [3.63, 3.8) is 0 Å². The maximum Gasteiger partial charge on any atom is 0.264 e. The predicted octanol–water partition coefficient (Wildman–Crippen LogP) is 4.85. The minimum absolute atomic E-state index is 0.158. The number of nitrogens with zero attached hydrogens (tertiary/aromatic N) is 1. The molecule has 6 heteroatoms. The summed E-state index contributed by atoms with van der Waals surface area (Å²) < 4.78 is 27.0. The lowest BCUT2D eigenvalue weighted by atomic mass is 10.0. The topological polar surface area (TPSA) is 66.5 Å². The zero-order valence-electron chi connectivity index (χ0n) is 17.0. The number of carbonyl (C=O) groups excluding carboxylic acids is 1. The SMILES string of the molecule is CN(c1ccccc1)S(=O)(=O)c1ccc(NC(=O)Cc2cccc3ccccc23)cc1. The molecule has 0 atom stereocenters. The molecule has 1 N–H and O–H groups in total. The van der Waals surface area contributed by atoms with E-state index in [2.05, 4.69) is 5.32 Å². The van der Waals surface area contributed by atoms with E-state index in [1.807, 2.05) is 48.5 Å². The van der Waals surface area contributed by atoms with Crippen LogP contribution in [0.25, 0.3) is 10.8 Å². The largest absolute Gasteiger partial charge is 0.326 e. The first kappa shape index (κ1) is 20.6. The summed E-state index contributed by atoms with van der Waals surface area (Å²) in [6.07, 6.45) is 0.234. The lowest BCUT2D eigenvalue weighted by molar-refractivity contribution is -0.115. The van der Waals surface area contributed by atoms with E-state index in [9.17, 15) is 13.2 Å². The number of para-hydroxylation sites is 1. The fraction of sp³-hybridized carbons (Fsp3) is 0.0800. The number of nitrogens with one attached hydrogen (secondary N) is 1. The Labute approximate surface area is 182 Å². The van der Waals surface area contributed by atoms with Crippen molar-refractivity contribution in [3.05, 3.63) is 103 Å². The molecule has 0 aliphatic heterocycles. The molecule has 0 spiro atoms. The van der Waals surface area contributed by atoms with Crippen LogP contribution in [0.1, 0.15) is 5.56 Å². The van der Waals surface area contributed by atoms with Gasteiger partial charge in [-0.05, 0) is 52.7 Å². The summed E-state index contributed by atoms with van der Waals surface area (Å²) in [4.78, 5) is 12.7. The van der Waals surface area contributed by atoms with E-state index >= 15 is 0 Å². The molecule has 4 aromatic rings. The Kier molecular flexibility index (Phi) is 5.73. The number of hydrogen-bond acceptors (Lipinski definition) is 3. The normalized spacial score (nSPS) is 11.3. The third-order valence-electron chi connectivity index (χ3n) is 5.15. The highest BCUT2D eigenvalue weighted by Crippen LogP contribution is 2.23. The average Bonchev–Trinajstić information content (AvgIpc) is 2.80. The third-order valence-corrected chi connectivity index (χ3v) is 6.95. The minimum atomic E-state index is -3.69. The fourth-order valence-corrected chi connectivity index (χ4v) is 4.67. The lowest BCUT2D eigenvalue weighted by Crippen LogP contribution is -2.26. The zero-order chi connectivity index (χ0) is 21.8. The van der Waals surface area contributed by atoms with Crippen LogP contribution < -0.4 is 9.62 Å². The van der Waals surface area contributed by atoms with Crippen molar-refractivity contribution in [1.29, 1.82) is 0 Å². The van der Waals surface area contributed by atoms with Gasteiger partial charge in [0, 0.05) is 12.7 Å². The van der Waals surface area contributed by atoms with Crippen LogP contribution in [-0.4, -0.2) is 21.4 Å². The summed E-state index contributed by atoms with van der Waals surface area (Å²) in [7, 11) is -2.17. The van der Waals surface area contributed by atoms with Gasteiger partial charge in [0.1, 0.15) is 0 Å². The molecule has 156 valence electrons. The van der Waals surface area contributed by atoms with Crippen molar-refractivity contribution >= 4 is 38.1 Å². The van der Waals surface area contributed by atoms with Gasteiger partial charge < -0.3 is 5.32 Å². The number of rotatable bonds is 6. The van der Waals surface area contributed by atoms with Crippen LogP contribution in [0.2, 0.25) is 0 Å². The van der Waals surface area contributed by atoms with Crippen LogP contribution in [0.4, 0.5) is 11.4 Å². The molecule has 0 aliphatic carbocycles. The Morgan fingerprint density at radius 2 is 1.45 bits per heavy atom. The molecule has 5 nitrogen and oxygen atoms in total. The summed E-state index contributed by atoms with van der Waals surface area (Å²) in [6.45, 7) is 0. The van der Waals surface area contributed by atoms with E-state index in [1.165, 1.54) is 23.5 Å². The molecule has 0 saturated heterocycles. The average molecular weight is 431 g/mol. The Morgan fingerprint density at radius 3 is 2.19 bits per heavy atom. The molecule has 1 amide bonds. The molecule has 31 heavy (non-hydrogen) atoms. The zero-order valence-corrected chi connectivity index (χ0v) is 17.8. The van der Waals surface area contributed by atoms with Crippen molar-refractivity contribution in [2.75, 3.05) is 16.7 Å². The lowest BCUT2D eigenvalue weighted by Gasteiger charge is -2.19. The third kappa shape index (κ3) is 4.44. The second-order valence-corrected chi connectivity index (χ2v) is 9.16. The number of hydrogen-bond donors (Lipinski definition) is 1. The highest BCUT2D eigenvalue weighted by atomic mass is 32.2. The van der Waals surface area contributed by atoms with Gasteiger partial charge in [-0.2, -0.15) is 0 Å². The van der Waals surface area contributed by atoms with Crippen LogP contribution >= 0.6 is 0 Å². The number of anilines is 2. The molecule has 0 heterocycles. The van der Waals surface area contributed by atoms with E-state index in [4.69, 9.17) is 0 Å². The number of carbonyl (C=O) groups is 1.